The second-order valence-electron chi connectivity index (χ2n) is 5.75. The Bertz CT molecular complexity index is 1140. The molecule has 0 radical (unpaired) electrons. The highest BCUT2D eigenvalue weighted by Gasteiger charge is 2.16. The van der Waals surface area contributed by atoms with E-state index in [2.05, 4.69) is 10.3 Å². The van der Waals surface area contributed by atoms with Crippen molar-refractivity contribution < 1.29 is 18.7 Å². The average Bonchev–Trinajstić information content (AvgIpc) is 3.35. The van der Waals surface area contributed by atoms with E-state index in [0.717, 1.165) is 20.1 Å². The molecule has 0 saturated carbocycles. The van der Waals surface area contributed by atoms with Gasteiger partial charge >= 0.3 is 5.97 Å². The molecule has 0 atom stereocenters. The Morgan fingerprint density at radius 2 is 1.79 bits per heavy atom. The van der Waals surface area contributed by atoms with Gasteiger partial charge in [-0.1, -0.05) is 24.3 Å². The predicted octanol–water partition coefficient (Wildman–Crippen LogP) is 4.96. The standard InChI is InChI=1S/C20H13FN2O3S2/c21-12-5-1-2-6-13(12)22-18(24)11-26-20(25)17-10-9-16(27-17)19-23-14-7-3-4-8-15(14)28-19/h1-10H,11H2,(H,22,24). The summed E-state index contributed by atoms with van der Waals surface area (Å²) in [6.45, 7) is -0.498. The van der Waals surface area contributed by atoms with Crippen LogP contribution in [0.3, 0.4) is 0 Å². The number of aromatic nitrogens is 1. The number of hydrogen-bond donors (Lipinski definition) is 1. The topological polar surface area (TPSA) is 68.3 Å². The summed E-state index contributed by atoms with van der Waals surface area (Å²) in [6, 6.07) is 17.0. The molecule has 0 fully saturated rings. The van der Waals surface area contributed by atoms with Crippen LogP contribution in [0.2, 0.25) is 0 Å². The normalized spacial score (nSPS) is 10.8. The molecule has 28 heavy (non-hydrogen) atoms. The number of thiophene rings is 1. The van der Waals surface area contributed by atoms with Crippen molar-refractivity contribution in [3.63, 3.8) is 0 Å². The van der Waals surface area contributed by atoms with Crippen molar-refractivity contribution in [3.8, 4) is 9.88 Å². The Morgan fingerprint density at radius 1 is 1.00 bits per heavy atom. The Kier molecular flexibility index (Phi) is 5.14. The molecule has 4 rings (SSSR count). The summed E-state index contributed by atoms with van der Waals surface area (Å²) >= 11 is 2.79. The molecular weight excluding hydrogens is 399 g/mol. The molecule has 2 aromatic heterocycles. The summed E-state index contributed by atoms with van der Waals surface area (Å²) in [4.78, 5) is 29.9. The maximum Gasteiger partial charge on any atom is 0.348 e. The van der Waals surface area contributed by atoms with Crippen LogP contribution in [-0.2, 0) is 9.53 Å². The van der Waals surface area contributed by atoms with E-state index in [9.17, 15) is 14.0 Å². The van der Waals surface area contributed by atoms with Crippen LogP contribution >= 0.6 is 22.7 Å². The smallest absolute Gasteiger partial charge is 0.348 e. The highest BCUT2D eigenvalue weighted by Crippen LogP contribution is 2.34. The summed E-state index contributed by atoms with van der Waals surface area (Å²) < 4.78 is 19.6. The number of hydrogen-bond acceptors (Lipinski definition) is 6. The fourth-order valence-electron chi connectivity index (χ4n) is 2.49. The van der Waals surface area contributed by atoms with Crippen molar-refractivity contribution in [3.05, 3.63) is 71.4 Å². The van der Waals surface area contributed by atoms with Gasteiger partial charge in [0.2, 0.25) is 0 Å². The minimum absolute atomic E-state index is 0.0396. The molecule has 1 N–H and O–H groups in total. The SMILES string of the molecule is O=C(COC(=O)c1ccc(-c2nc3ccccc3s2)s1)Nc1ccccc1F. The summed E-state index contributed by atoms with van der Waals surface area (Å²) in [5.41, 5.74) is 0.947. The van der Waals surface area contributed by atoms with Crippen LogP contribution in [0.4, 0.5) is 10.1 Å². The lowest BCUT2D eigenvalue weighted by atomic mass is 10.3. The van der Waals surface area contributed by atoms with E-state index in [4.69, 9.17) is 4.74 Å². The summed E-state index contributed by atoms with van der Waals surface area (Å²) in [5, 5.41) is 3.19. The first kappa shape index (κ1) is 18.3. The average molecular weight is 412 g/mol. The molecular formula is C20H13FN2O3S2. The zero-order valence-electron chi connectivity index (χ0n) is 14.3. The molecule has 8 heteroatoms. The third kappa shape index (κ3) is 3.92. The van der Waals surface area contributed by atoms with Crippen LogP contribution in [0, 0.1) is 5.82 Å². The monoisotopic (exact) mass is 412 g/mol. The lowest BCUT2D eigenvalue weighted by Gasteiger charge is -2.06. The van der Waals surface area contributed by atoms with Gasteiger partial charge in [0.15, 0.2) is 6.61 Å². The van der Waals surface area contributed by atoms with Crippen LogP contribution in [0.25, 0.3) is 20.1 Å². The fraction of sp³-hybridized carbons (Fsp3) is 0.0500. The number of anilines is 1. The number of benzene rings is 2. The van der Waals surface area contributed by atoms with Gasteiger partial charge in [0.25, 0.3) is 5.91 Å². The van der Waals surface area contributed by atoms with Crippen molar-refractivity contribution in [1.29, 1.82) is 0 Å². The Hall–Kier alpha value is -3.10. The van der Waals surface area contributed by atoms with Gasteiger partial charge in [-0.05, 0) is 36.4 Å². The van der Waals surface area contributed by atoms with Gasteiger partial charge in [0.1, 0.15) is 15.7 Å². The molecule has 0 saturated heterocycles. The number of nitrogens with one attached hydrogen (secondary N) is 1. The third-order valence-corrected chi connectivity index (χ3v) is 6.07. The predicted molar refractivity (Wildman–Crippen MR) is 108 cm³/mol. The minimum atomic E-state index is -0.610. The molecule has 0 spiro atoms. The van der Waals surface area contributed by atoms with E-state index in [1.54, 1.807) is 29.5 Å². The summed E-state index contributed by atoms with van der Waals surface area (Å²) in [7, 11) is 0. The van der Waals surface area contributed by atoms with Crippen LogP contribution in [0.1, 0.15) is 9.67 Å². The highest BCUT2D eigenvalue weighted by molar-refractivity contribution is 7.26. The number of amides is 1. The first-order valence-electron chi connectivity index (χ1n) is 8.27. The number of rotatable bonds is 5. The lowest BCUT2D eigenvalue weighted by molar-refractivity contribution is -0.119. The van der Waals surface area contributed by atoms with E-state index in [1.165, 1.54) is 29.5 Å². The zero-order chi connectivity index (χ0) is 19.5. The fourth-order valence-corrected chi connectivity index (χ4v) is 4.41. The van der Waals surface area contributed by atoms with E-state index >= 15 is 0 Å². The lowest BCUT2D eigenvalue weighted by Crippen LogP contribution is -2.21. The number of carbonyl (C=O) groups is 2. The van der Waals surface area contributed by atoms with E-state index in [-0.39, 0.29) is 5.69 Å². The third-order valence-electron chi connectivity index (χ3n) is 3.79. The molecule has 1 amide bonds. The Balaban J connectivity index is 1.39. The Morgan fingerprint density at radius 3 is 2.61 bits per heavy atom. The second-order valence-corrected chi connectivity index (χ2v) is 7.87. The van der Waals surface area contributed by atoms with Crippen molar-refractivity contribution in [1.82, 2.24) is 4.98 Å². The molecule has 0 aliphatic heterocycles. The van der Waals surface area contributed by atoms with Gasteiger partial charge in [-0.3, -0.25) is 4.79 Å². The van der Waals surface area contributed by atoms with Gasteiger partial charge in [-0.25, -0.2) is 14.2 Å². The van der Waals surface area contributed by atoms with E-state index in [0.29, 0.717) is 4.88 Å². The summed E-state index contributed by atoms with van der Waals surface area (Å²) in [5.74, 6) is -1.77. The van der Waals surface area contributed by atoms with Gasteiger partial charge in [0, 0.05) is 0 Å². The van der Waals surface area contributed by atoms with Crippen molar-refractivity contribution >= 4 is 50.5 Å². The summed E-state index contributed by atoms with van der Waals surface area (Å²) in [6.07, 6.45) is 0. The minimum Gasteiger partial charge on any atom is -0.451 e. The zero-order valence-corrected chi connectivity index (χ0v) is 16.0. The molecule has 0 aliphatic rings. The van der Waals surface area contributed by atoms with Gasteiger partial charge < -0.3 is 10.1 Å². The molecule has 0 aliphatic carbocycles. The molecule has 2 heterocycles. The van der Waals surface area contributed by atoms with E-state index < -0.39 is 24.3 Å². The van der Waals surface area contributed by atoms with Gasteiger partial charge in [0.05, 0.1) is 20.8 Å². The van der Waals surface area contributed by atoms with Crippen LogP contribution in [0.5, 0.6) is 0 Å². The molecule has 4 aromatic rings. The van der Waals surface area contributed by atoms with Crippen molar-refractivity contribution in [2.45, 2.75) is 0 Å². The second kappa shape index (κ2) is 7.87. The quantitative estimate of drug-likeness (QED) is 0.471. The van der Waals surface area contributed by atoms with Crippen molar-refractivity contribution in [2.24, 2.45) is 0 Å². The van der Waals surface area contributed by atoms with Gasteiger partial charge in [-0.15, -0.1) is 22.7 Å². The first-order chi connectivity index (χ1) is 13.6. The molecule has 0 bridgehead atoms. The molecule has 0 unspecified atom stereocenters. The van der Waals surface area contributed by atoms with E-state index in [1.807, 2.05) is 24.3 Å². The number of carbonyl (C=O) groups excluding carboxylic acids is 2. The largest absolute Gasteiger partial charge is 0.451 e. The van der Waals surface area contributed by atoms with Crippen LogP contribution in [-0.4, -0.2) is 23.5 Å². The number of para-hydroxylation sites is 2. The number of ether oxygens (including phenoxy) is 1. The van der Waals surface area contributed by atoms with Crippen LogP contribution in [0.15, 0.2) is 60.7 Å². The van der Waals surface area contributed by atoms with Gasteiger partial charge in [-0.2, -0.15) is 0 Å². The molecule has 2 aromatic carbocycles. The van der Waals surface area contributed by atoms with Crippen LogP contribution < -0.4 is 5.32 Å². The number of nitrogens with zero attached hydrogens (tertiary/aromatic N) is 1. The molecule has 140 valence electrons. The number of halogens is 1. The number of esters is 1. The maximum absolute atomic E-state index is 13.5. The Labute approximate surface area is 167 Å². The first-order valence-corrected chi connectivity index (χ1v) is 9.91. The number of thiazole rings is 1. The highest BCUT2D eigenvalue weighted by atomic mass is 32.1. The molecule has 5 nitrogen and oxygen atoms in total. The maximum atomic E-state index is 13.5. The van der Waals surface area contributed by atoms with Crippen molar-refractivity contribution in [2.75, 3.05) is 11.9 Å². The number of fused-ring (bicyclic) bond motifs is 1.